The van der Waals surface area contributed by atoms with Gasteiger partial charge in [-0.15, -0.1) is 0 Å². The summed E-state index contributed by atoms with van der Waals surface area (Å²) in [6.07, 6.45) is 9.29. The number of hydrogen-bond donors (Lipinski definition) is 0. The molecular formula is C20H27N3O3. The third-order valence-electron chi connectivity index (χ3n) is 5.41. The van der Waals surface area contributed by atoms with Gasteiger partial charge in [0, 0.05) is 51.8 Å². The maximum absolute atomic E-state index is 13.5. The van der Waals surface area contributed by atoms with Crippen LogP contribution in [0.1, 0.15) is 37.7 Å². The Bertz CT molecular complexity index is 689. The maximum atomic E-state index is 13.5. The minimum Gasteiger partial charge on any atom is -0.383 e. The number of likely N-dealkylation sites (tertiary alicyclic amines) is 1. The highest BCUT2D eigenvalue weighted by Crippen LogP contribution is 2.47. The lowest BCUT2D eigenvalue weighted by atomic mass is 9.69. The Balaban J connectivity index is 1.85. The number of hydrogen-bond acceptors (Lipinski definition) is 4. The number of piperidine rings is 1. The van der Waals surface area contributed by atoms with Crippen LogP contribution in [0.3, 0.4) is 0 Å². The lowest BCUT2D eigenvalue weighted by Gasteiger charge is -2.47. The van der Waals surface area contributed by atoms with E-state index in [4.69, 9.17) is 4.74 Å². The van der Waals surface area contributed by atoms with Crippen molar-refractivity contribution in [1.82, 2.24) is 14.8 Å². The van der Waals surface area contributed by atoms with E-state index in [0.29, 0.717) is 32.5 Å². The van der Waals surface area contributed by atoms with Crippen LogP contribution in [0.25, 0.3) is 0 Å². The summed E-state index contributed by atoms with van der Waals surface area (Å²) in [5, 5.41) is 0. The van der Waals surface area contributed by atoms with Crippen LogP contribution in [-0.4, -0.2) is 53.9 Å². The van der Waals surface area contributed by atoms with Gasteiger partial charge in [-0.3, -0.25) is 14.6 Å². The molecule has 1 aliphatic heterocycles. The van der Waals surface area contributed by atoms with E-state index in [2.05, 4.69) is 11.1 Å². The first kappa shape index (κ1) is 18.6. The smallest absolute Gasteiger partial charge is 0.234 e. The summed E-state index contributed by atoms with van der Waals surface area (Å²) in [4.78, 5) is 33.6. The fraction of sp³-hybridized carbons (Fsp3) is 0.550. The highest BCUT2D eigenvalue weighted by Gasteiger charge is 2.50. The SMILES string of the molecule is COCCN1C(=O)CCC2(C(=O)N(C)Cc3cccnc3)CCCC=C12. The molecule has 2 aliphatic rings. The number of methoxy groups -OCH3 is 1. The lowest BCUT2D eigenvalue weighted by molar-refractivity contribution is -0.147. The number of nitrogens with zero attached hydrogens (tertiary/aromatic N) is 3. The van der Waals surface area contributed by atoms with Crippen LogP contribution < -0.4 is 0 Å². The number of carbonyl (C=O) groups is 2. The van der Waals surface area contributed by atoms with Gasteiger partial charge < -0.3 is 14.5 Å². The van der Waals surface area contributed by atoms with Crippen LogP contribution in [0.5, 0.6) is 0 Å². The van der Waals surface area contributed by atoms with Crippen LogP contribution >= 0.6 is 0 Å². The van der Waals surface area contributed by atoms with Gasteiger partial charge in [0.1, 0.15) is 0 Å². The van der Waals surface area contributed by atoms with Crippen molar-refractivity contribution in [3.05, 3.63) is 41.9 Å². The molecule has 0 N–H and O–H groups in total. The zero-order valence-corrected chi connectivity index (χ0v) is 15.6. The Morgan fingerprint density at radius 1 is 1.42 bits per heavy atom. The van der Waals surface area contributed by atoms with E-state index in [9.17, 15) is 9.59 Å². The normalized spacial score (nSPS) is 22.6. The molecule has 2 heterocycles. The molecule has 0 spiro atoms. The van der Waals surface area contributed by atoms with Gasteiger partial charge in [0.25, 0.3) is 0 Å². The number of aromatic nitrogens is 1. The van der Waals surface area contributed by atoms with Crippen molar-refractivity contribution in [2.45, 2.75) is 38.6 Å². The molecule has 0 saturated carbocycles. The molecule has 1 aliphatic carbocycles. The number of amides is 2. The standard InChI is InChI=1S/C20H27N3O3/c1-22(15-16-6-5-11-21-14-16)19(25)20-9-4-3-7-17(20)23(12-13-26-2)18(24)8-10-20/h5-7,11,14H,3-4,8-10,12-13,15H2,1-2H3. The Hall–Kier alpha value is -2.21. The zero-order chi connectivity index (χ0) is 18.6. The van der Waals surface area contributed by atoms with Gasteiger partial charge in [-0.1, -0.05) is 12.1 Å². The van der Waals surface area contributed by atoms with Crippen molar-refractivity contribution >= 4 is 11.8 Å². The second kappa shape index (κ2) is 7.99. The molecule has 1 aromatic heterocycles. The molecule has 1 unspecified atom stereocenters. The van der Waals surface area contributed by atoms with Gasteiger partial charge in [-0.25, -0.2) is 0 Å². The van der Waals surface area contributed by atoms with Crippen LogP contribution in [-0.2, 0) is 20.9 Å². The number of pyridine rings is 1. The summed E-state index contributed by atoms with van der Waals surface area (Å²) in [6.45, 7) is 1.50. The third-order valence-corrected chi connectivity index (χ3v) is 5.41. The molecule has 1 fully saturated rings. The average Bonchev–Trinajstić information content (AvgIpc) is 2.67. The van der Waals surface area contributed by atoms with Gasteiger partial charge in [0.2, 0.25) is 11.8 Å². The molecule has 6 nitrogen and oxygen atoms in total. The minimum absolute atomic E-state index is 0.0912. The average molecular weight is 357 g/mol. The van der Waals surface area contributed by atoms with Gasteiger partial charge in [0.05, 0.1) is 12.0 Å². The Morgan fingerprint density at radius 3 is 3.00 bits per heavy atom. The summed E-state index contributed by atoms with van der Waals surface area (Å²) < 4.78 is 5.17. The first-order valence-electron chi connectivity index (χ1n) is 9.23. The van der Waals surface area contributed by atoms with Gasteiger partial charge in [-0.2, -0.15) is 0 Å². The topological polar surface area (TPSA) is 62.7 Å². The second-order valence-electron chi connectivity index (χ2n) is 7.12. The molecule has 1 saturated heterocycles. The number of rotatable bonds is 6. The van der Waals surface area contributed by atoms with Crippen molar-refractivity contribution in [2.75, 3.05) is 27.3 Å². The Morgan fingerprint density at radius 2 is 2.27 bits per heavy atom. The number of ether oxygens (including phenoxy) is 1. The van der Waals surface area contributed by atoms with Crippen molar-refractivity contribution in [2.24, 2.45) is 5.41 Å². The van der Waals surface area contributed by atoms with E-state index >= 15 is 0 Å². The highest BCUT2D eigenvalue weighted by atomic mass is 16.5. The fourth-order valence-corrected chi connectivity index (χ4v) is 4.13. The van der Waals surface area contributed by atoms with E-state index in [1.807, 2.05) is 19.2 Å². The molecule has 0 aromatic carbocycles. The molecule has 1 aromatic rings. The largest absolute Gasteiger partial charge is 0.383 e. The number of allylic oxidation sites excluding steroid dienone is 1. The summed E-state index contributed by atoms with van der Waals surface area (Å²) in [5.41, 5.74) is 1.31. The second-order valence-corrected chi connectivity index (χ2v) is 7.12. The van der Waals surface area contributed by atoms with Gasteiger partial charge in [0.15, 0.2) is 0 Å². The molecule has 3 rings (SSSR count). The van der Waals surface area contributed by atoms with E-state index in [1.165, 1.54) is 0 Å². The summed E-state index contributed by atoms with van der Waals surface area (Å²) in [6, 6.07) is 3.85. The maximum Gasteiger partial charge on any atom is 0.234 e. The molecule has 6 heteroatoms. The molecule has 0 bridgehead atoms. The molecule has 2 amide bonds. The summed E-state index contributed by atoms with van der Waals surface area (Å²) in [7, 11) is 3.47. The van der Waals surface area contributed by atoms with Crippen molar-refractivity contribution < 1.29 is 14.3 Å². The van der Waals surface area contributed by atoms with E-state index in [1.54, 1.807) is 29.3 Å². The number of fused-ring (bicyclic) bond motifs is 1. The molecule has 1 atom stereocenters. The first-order chi connectivity index (χ1) is 12.6. The van der Waals surface area contributed by atoms with E-state index < -0.39 is 5.41 Å². The third kappa shape index (κ3) is 3.51. The summed E-state index contributed by atoms with van der Waals surface area (Å²) >= 11 is 0. The predicted octanol–water partition coefficient (Wildman–Crippen LogP) is 2.36. The highest BCUT2D eigenvalue weighted by molar-refractivity contribution is 5.91. The quantitative estimate of drug-likeness (QED) is 0.784. The lowest BCUT2D eigenvalue weighted by Crippen LogP contribution is -2.53. The van der Waals surface area contributed by atoms with Crippen LogP contribution in [0.4, 0.5) is 0 Å². The van der Waals surface area contributed by atoms with Crippen molar-refractivity contribution in [3.8, 4) is 0 Å². The first-order valence-corrected chi connectivity index (χ1v) is 9.23. The minimum atomic E-state index is -0.586. The van der Waals surface area contributed by atoms with Gasteiger partial charge in [-0.05, 0) is 37.3 Å². The van der Waals surface area contributed by atoms with E-state index in [0.717, 1.165) is 30.5 Å². The monoisotopic (exact) mass is 357 g/mol. The van der Waals surface area contributed by atoms with E-state index in [-0.39, 0.29) is 11.8 Å². The zero-order valence-electron chi connectivity index (χ0n) is 15.6. The predicted molar refractivity (Wildman–Crippen MR) is 97.9 cm³/mol. The van der Waals surface area contributed by atoms with Crippen LogP contribution in [0, 0.1) is 5.41 Å². The van der Waals surface area contributed by atoms with Gasteiger partial charge >= 0.3 is 0 Å². The van der Waals surface area contributed by atoms with Crippen LogP contribution in [0.2, 0.25) is 0 Å². The van der Waals surface area contributed by atoms with Crippen molar-refractivity contribution in [3.63, 3.8) is 0 Å². The molecule has 26 heavy (non-hydrogen) atoms. The molecule has 0 radical (unpaired) electrons. The number of carbonyl (C=O) groups excluding carboxylic acids is 2. The fourth-order valence-electron chi connectivity index (χ4n) is 4.13. The molecular weight excluding hydrogens is 330 g/mol. The van der Waals surface area contributed by atoms with Crippen LogP contribution in [0.15, 0.2) is 36.3 Å². The summed E-state index contributed by atoms with van der Waals surface area (Å²) in [5.74, 6) is 0.191. The Labute approximate surface area is 154 Å². The van der Waals surface area contributed by atoms with Crippen molar-refractivity contribution in [1.29, 1.82) is 0 Å². The Kier molecular flexibility index (Phi) is 5.71. The molecule has 140 valence electrons.